The van der Waals surface area contributed by atoms with Crippen molar-refractivity contribution < 1.29 is 4.39 Å². The van der Waals surface area contributed by atoms with E-state index in [0.29, 0.717) is 10.5 Å². The van der Waals surface area contributed by atoms with Gasteiger partial charge in [0.25, 0.3) is 0 Å². The minimum atomic E-state index is -0.172. The van der Waals surface area contributed by atoms with Crippen LogP contribution in [0.2, 0.25) is 0 Å². The van der Waals surface area contributed by atoms with Crippen LogP contribution in [0.4, 0.5) is 4.39 Å². The molecule has 3 unspecified atom stereocenters. The van der Waals surface area contributed by atoms with Gasteiger partial charge in [0.05, 0.1) is 4.47 Å². The molecule has 0 aromatic heterocycles. The Morgan fingerprint density at radius 2 is 2.05 bits per heavy atom. The molecule has 3 heteroatoms. The lowest BCUT2D eigenvalue weighted by Gasteiger charge is -2.26. The lowest BCUT2D eigenvalue weighted by molar-refractivity contribution is 0.332. The second-order valence-corrected chi connectivity index (χ2v) is 7.35. The molecular formula is C17H23BrFN. The van der Waals surface area contributed by atoms with Crippen LogP contribution < -0.4 is 5.32 Å². The van der Waals surface area contributed by atoms with Gasteiger partial charge < -0.3 is 5.32 Å². The molecule has 2 aliphatic carbocycles. The largest absolute Gasteiger partial charge is 0.313 e. The Bertz CT molecular complexity index is 466. The predicted octanol–water partition coefficient (Wildman–Crippen LogP) is 4.55. The second kappa shape index (κ2) is 6.15. The van der Waals surface area contributed by atoms with Crippen molar-refractivity contribution in [3.63, 3.8) is 0 Å². The van der Waals surface area contributed by atoms with E-state index in [1.807, 2.05) is 12.1 Å². The van der Waals surface area contributed by atoms with Crippen molar-refractivity contribution in [2.75, 3.05) is 6.54 Å². The van der Waals surface area contributed by atoms with Gasteiger partial charge in [-0.05, 0) is 90.0 Å². The molecule has 1 nitrogen and oxygen atoms in total. The lowest BCUT2D eigenvalue weighted by Crippen LogP contribution is -2.38. The van der Waals surface area contributed by atoms with Crippen LogP contribution in [0.25, 0.3) is 0 Å². The number of nitrogens with one attached hydrogen (secondary N) is 1. The van der Waals surface area contributed by atoms with Crippen LogP contribution in [0.5, 0.6) is 0 Å². The molecular weight excluding hydrogens is 317 g/mol. The summed E-state index contributed by atoms with van der Waals surface area (Å²) in [4.78, 5) is 0. The van der Waals surface area contributed by atoms with Gasteiger partial charge in [-0.3, -0.25) is 0 Å². The Hall–Kier alpha value is -0.410. The predicted molar refractivity (Wildman–Crippen MR) is 84.2 cm³/mol. The maximum absolute atomic E-state index is 13.3. The van der Waals surface area contributed by atoms with Crippen molar-refractivity contribution in [3.8, 4) is 0 Å². The van der Waals surface area contributed by atoms with E-state index < -0.39 is 0 Å². The van der Waals surface area contributed by atoms with Gasteiger partial charge in [0.2, 0.25) is 0 Å². The summed E-state index contributed by atoms with van der Waals surface area (Å²) < 4.78 is 13.9. The van der Waals surface area contributed by atoms with Gasteiger partial charge in [-0.2, -0.15) is 0 Å². The van der Waals surface area contributed by atoms with Crippen molar-refractivity contribution in [3.05, 3.63) is 34.1 Å². The van der Waals surface area contributed by atoms with E-state index in [9.17, 15) is 4.39 Å². The van der Waals surface area contributed by atoms with Crippen LogP contribution in [-0.4, -0.2) is 12.6 Å². The number of halogens is 2. The highest BCUT2D eigenvalue weighted by Crippen LogP contribution is 2.55. The van der Waals surface area contributed by atoms with E-state index in [0.717, 1.165) is 30.7 Å². The summed E-state index contributed by atoms with van der Waals surface area (Å²) in [7, 11) is 0. The average Bonchev–Trinajstić information content (AvgIpc) is 3.05. The van der Waals surface area contributed by atoms with Crippen LogP contribution >= 0.6 is 15.9 Å². The minimum absolute atomic E-state index is 0.172. The normalized spacial score (nSPS) is 29.2. The average molecular weight is 340 g/mol. The quantitative estimate of drug-likeness (QED) is 0.801. The molecule has 1 aromatic rings. The first-order valence-electron chi connectivity index (χ1n) is 7.84. The zero-order valence-electron chi connectivity index (χ0n) is 12.0. The first-order valence-corrected chi connectivity index (χ1v) is 8.64. The smallest absolute Gasteiger partial charge is 0.137 e. The molecule has 3 atom stereocenters. The summed E-state index contributed by atoms with van der Waals surface area (Å²) in [6.45, 7) is 3.30. The number of benzene rings is 1. The fourth-order valence-corrected chi connectivity index (χ4v) is 4.17. The number of rotatable bonds is 6. The number of fused-ring (bicyclic) bond motifs is 1. The fourth-order valence-electron chi connectivity index (χ4n) is 3.75. The van der Waals surface area contributed by atoms with E-state index in [1.165, 1.54) is 31.2 Å². The zero-order chi connectivity index (χ0) is 14.1. The summed E-state index contributed by atoms with van der Waals surface area (Å²) >= 11 is 3.29. The maximum atomic E-state index is 13.3. The van der Waals surface area contributed by atoms with Crippen molar-refractivity contribution in [1.82, 2.24) is 5.32 Å². The summed E-state index contributed by atoms with van der Waals surface area (Å²) in [5, 5.41) is 3.73. The molecule has 110 valence electrons. The van der Waals surface area contributed by atoms with Crippen LogP contribution in [-0.2, 0) is 6.42 Å². The Labute approximate surface area is 129 Å². The molecule has 0 saturated heterocycles. The van der Waals surface area contributed by atoms with E-state index in [4.69, 9.17) is 0 Å². The van der Waals surface area contributed by atoms with Crippen molar-refractivity contribution in [1.29, 1.82) is 0 Å². The van der Waals surface area contributed by atoms with Gasteiger partial charge >= 0.3 is 0 Å². The van der Waals surface area contributed by atoms with Gasteiger partial charge in [-0.1, -0.05) is 13.0 Å². The number of hydrogen-bond donors (Lipinski definition) is 1. The summed E-state index contributed by atoms with van der Waals surface area (Å²) in [6, 6.07) is 5.99. The standard InChI is InChI=1S/C17H23BrFN/c1-2-5-20-17(14-9-12-8-13(12)10-14)7-11-3-4-16(19)15(18)6-11/h3-4,6,12-14,17,20H,2,5,7-10H2,1H3. The van der Waals surface area contributed by atoms with E-state index in [1.54, 1.807) is 6.07 Å². The monoisotopic (exact) mass is 339 g/mol. The van der Waals surface area contributed by atoms with Gasteiger partial charge in [0, 0.05) is 6.04 Å². The van der Waals surface area contributed by atoms with E-state index in [-0.39, 0.29) is 5.82 Å². The number of hydrogen-bond acceptors (Lipinski definition) is 1. The van der Waals surface area contributed by atoms with Crippen molar-refractivity contribution >= 4 is 15.9 Å². The lowest BCUT2D eigenvalue weighted by atomic mass is 9.89. The molecule has 1 N–H and O–H groups in total. The SMILES string of the molecule is CCCNC(Cc1ccc(F)c(Br)c1)C1CC2CC2C1. The molecule has 3 rings (SSSR count). The second-order valence-electron chi connectivity index (χ2n) is 6.50. The van der Waals surface area contributed by atoms with Crippen molar-refractivity contribution in [2.45, 2.75) is 45.1 Å². The van der Waals surface area contributed by atoms with Gasteiger partial charge in [-0.15, -0.1) is 0 Å². The van der Waals surface area contributed by atoms with Crippen molar-refractivity contribution in [2.24, 2.45) is 17.8 Å². The third-order valence-corrected chi connectivity index (χ3v) is 5.55. The van der Waals surface area contributed by atoms with Crippen LogP contribution in [0, 0.1) is 23.6 Å². The minimum Gasteiger partial charge on any atom is -0.313 e. The molecule has 0 bridgehead atoms. The van der Waals surface area contributed by atoms with E-state index in [2.05, 4.69) is 28.2 Å². The first-order chi connectivity index (χ1) is 9.67. The van der Waals surface area contributed by atoms with E-state index >= 15 is 0 Å². The molecule has 2 aliphatic rings. The molecule has 0 radical (unpaired) electrons. The molecule has 0 amide bonds. The van der Waals surface area contributed by atoms with Crippen LogP contribution in [0.1, 0.15) is 38.2 Å². The summed E-state index contributed by atoms with van der Waals surface area (Å²) in [5.74, 6) is 2.68. The maximum Gasteiger partial charge on any atom is 0.137 e. The molecule has 0 heterocycles. The summed E-state index contributed by atoms with van der Waals surface area (Å²) in [6.07, 6.45) is 6.45. The van der Waals surface area contributed by atoms with Gasteiger partial charge in [0.15, 0.2) is 0 Å². The first kappa shape index (κ1) is 14.5. The molecule has 0 spiro atoms. The van der Waals surface area contributed by atoms with Crippen LogP contribution in [0.3, 0.4) is 0 Å². The highest BCUT2D eigenvalue weighted by Gasteiger charge is 2.47. The Kier molecular flexibility index (Phi) is 4.46. The highest BCUT2D eigenvalue weighted by molar-refractivity contribution is 9.10. The summed E-state index contributed by atoms with van der Waals surface area (Å²) in [5.41, 5.74) is 1.23. The third-order valence-electron chi connectivity index (χ3n) is 4.95. The Morgan fingerprint density at radius 1 is 1.30 bits per heavy atom. The molecule has 2 saturated carbocycles. The Balaban J connectivity index is 1.66. The molecule has 1 aromatic carbocycles. The van der Waals surface area contributed by atoms with Crippen LogP contribution in [0.15, 0.2) is 22.7 Å². The zero-order valence-corrected chi connectivity index (χ0v) is 13.6. The van der Waals surface area contributed by atoms with Gasteiger partial charge in [-0.25, -0.2) is 4.39 Å². The third kappa shape index (κ3) is 3.25. The molecule has 0 aliphatic heterocycles. The molecule has 20 heavy (non-hydrogen) atoms. The Morgan fingerprint density at radius 3 is 2.70 bits per heavy atom. The highest BCUT2D eigenvalue weighted by atomic mass is 79.9. The fraction of sp³-hybridized carbons (Fsp3) is 0.647. The molecule has 2 fully saturated rings. The van der Waals surface area contributed by atoms with Gasteiger partial charge in [0.1, 0.15) is 5.82 Å². The topological polar surface area (TPSA) is 12.0 Å².